The van der Waals surface area contributed by atoms with Gasteiger partial charge in [-0.1, -0.05) is 42.0 Å². The molecule has 2 aromatic carbocycles. The largest absolute Gasteiger partial charge is 0.466 e. The fourth-order valence-electron chi connectivity index (χ4n) is 2.07. The monoisotopic (exact) mass is 330 g/mol. The first-order chi connectivity index (χ1) is 10.9. The third-order valence-electron chi connectivity index (χ3n) is 3.30. The topological polar surface area (TPSA) is 60.4 Å². The van der Waals surface area contributed by atoms with Gasteiger partial charge in [0.25, 0.3) is 0 Å². The number of aryl methyl sites for hydroxylation is 1. The SMILES string of the molecule is COC(=O)/C=C/c1cccc(CS(=O)(=O)c2ccc(C)cc2)c1. The molecule has 0 unspecified atom stereocenters. The van der Waals surface area contributed by atoms with Crippen molar-refractivity contribution in [2.24, 2.45) is 0 Å². The number of hydrogen-bond donors (Lipinski definition) is 0. The molecular weight excluding hydrogens is 312 g/mol. The molecule has 0 spiro atoms. The van der Waals surface area contributed by atoms with Crippen LogP contribution in [0.2, 0.25) is 0 Å². The minimum atomic E-state index is -3.40. The van der Waals surface area contributed by atoms with Crippen molar-refractivity contribution in [2.45, 2.75) is 17.6 Å². The molecule has 2 aromatic rings. The minimum absolute atomic E-state index is 0.0873. The lowest BCUT2D eigenvalue weighted by atomic mass is 10.1. The fraction of sp³-hybridized carbons (Fsp3) is 0.167. The van der Waals surface area contributed by atoms with Gasteiger partial charge >= 0.3 is 5.97 Å². The van der Waals surface area contributed by atoms with Gasteiger partial charge in [0.1, 0.15) is 0 Å². The molecule has 120 valence electrons. The summed E-state index contributed by atoms with van der Waals surface area (Å²) in [5, 5.41) is 0. The molecule has 0 saturated carbocycles. The molecule has 4 nitrogen and oxygen atoms in total. The fourth-order valence-corrected chi connectivity index (χ4v) is 3.40. The zero-order valence-corrected chi connectivity index (χ0v) is 13.8. The van der Waals surface area contributed by atoms with Crippen molar-refractivity contribution < 1.29 is 17.9 Å². The van der Waals surface area contributed by atoms with Crippen LogP contribution in [0.25, 0.3) is 6.08 Å². The Kier molecular flexibility index (Phi) is 5.34. The zero-order chi connectivity index (χ0) is 16.9. The second-order valence-electron chi connectivity index (χ2n) is 5.17. The molecule has 0 radical (unpaired) electrons. The normalized spacial score (nSPS) is 11.6. The lowest BCUT2D eigenvalue weighted by Crippen LogP contribution is -2.05. The highest BCUT2D eigenvalue weighted by atomic mass is 32.2. The summed E-state index contributed by atoms with van der Waals surface area (Å²) in [7, 11) is -2.10. The van der Waals surface area contributed by atoms with Crippen LogP contribution in [-0.4, -0.2) is 21.5 Å². The molecule has 2 rings (SSSR count). The molecule has 0 heterocycles. The molecule has 0 bridgehead atoms. The van der Waals surface area contributed by atoms with Gasteiger partial charge in [-0.15, -0.1) is 0 Å². The average molecular weight is 330 g/mol. The average Bonchev–Trinajstić information content (AvgIpc) is 2.53. The second-order valence-corrected chi connectivity index (χ2v) is 7.16. The van der Waals surface area contributed by atoms with Crippen LogP contribution in [0.3, 0.4) is 0 Å². The number of rotatable bonds is 5. The Morgan fingerprint density at radius 1 is 1.13 bits per heavy atom. The van der Waals surface area contributed by atoms with Crippen LogP contribution >= 0.6 is 0 Å². The predicted molar refractivity (Wildman–Crippen MR) is 89.6 cm³/mol. The maximum atomic E-state index is 12.4. The summed E-state index contributed by atoms with van der Waals surface area (Å²) in [6.45, 7) is 1.91. The molecule has 0 aromatic heterocycles. The van der Waals surface area contributed by atoms with Gasteiger partial charge in [-0.2, -0.15) is 0 Å². The van der Waals surface area contributed by atoms with Gasteiger partial charge < -0.3 is 4.74 Å². The summed E-state index contributed by atoms with van der Waals surface area (Å²) in [4.78, 5) is 11.4. The molecule has 23 heavy (non-hydrogen) atoms. The van der Waals surface area contributed by atoms with E-state index in [0.717, 1.165) is 11.1 Å². The maximum absolute atomic E-state index is 12.4. The molecule has 0 atom stereocenters. The Bertz CT molecular complexity index is 818. The van der Waals surface area contributed by atoms with Gasteiger partial charge in [0, 0.05) is 6.08 Å². The highest BCUT2D eigenvalue weighted by molar-refractivity contribution is 7.90. The number of carbonyl (C=O) groups excluding carboxylic acids is 1. The summed E-state index contributed by atoms with van der Waals surface area (Å²) in [6.07, 6.45) is 2.89. The second kappa shape index (κ2) is 7.24. The van der Waals surface area contributed by atoms with Crippen molar-refractivity contribution in [3.63, 3.8) is 0 Å². The van der Waals surface area contributed by atoms with E-state index in [1.807, 2.05) is 6.92 Å². The van der Waals surface area contributed by atoms with E-state index in [0.29, 0.717) is 10.5 Å². The van der Waals surface area contributed by atoms with E-state index < -0.39 is 15.8 Å². The van der Waals surface area contributed by atoms with Crippen LogP contribution in [0.1, 0.15) is 16.7 Å². The number of hydrogen-bond acceptors (Lipinski definition) is 4. The molecule has 0 aliphatic heterocycles. The van der Waals surface area contributed by atoms with E-state index in [2.05, 4.69) is 4.74 Å². The predicted octanol–water partition coefficient (Wildman–Crippen LogP) is 3.16. The molecule has 0 fully saturated rings. The van der Waals surface area contributed by atoms with E-state index in [9.17, 15) is 13.2 Å². The third-order valence-corrected chi connectivity index (χ3v) is 5.00. The summed E-state index contributed by atoms with van der Waals surface area (Å²) in [5.74, 6) is -0.543. The number of sulfone groups is 1. The van der Waals surface area contributed by atoms with Crippen LogP contribution in [0, 0.1) is 6.92 Å². The zero-order valence-electron chi connectivity index (χ0n) is 13.0. The van der Waals surface area contributed by atoms with Gasteiger partial charge in [0.05, 0.1) is 17.8 Å². The molecule has 0 aliphatic rings. The van der Waals surface area contributed by atoms with Gasteiger partial charge in [0.15, 0.2) is 9.84 Å². The Morgan fingerprint density at radius 3 is 2.48 bits per heavy atom. The molecule has 0 amide bonds. The minimum Gasteiger partial charge on any atom is -0.466 e. The summed E-state index contributed by atoms with van der Waals surface area (Å²) >= 11 is 0. The Labute approximate surface area is 136 Å². The molecule has 5 heteroatoms. The van der Waals surface area contributed by atoms with Gasteiger partial charge in [-0.3, -0.25) is 0 Å². The van der Waals surface area contributed by atoms with Crippen LogP contribution < -0.4 is 0 Å². The molecule has 0 aliphatic carbocycles. The van der Waals surface area contributed by atoms with Gasteiger partial charge in [0.2, 0.25) is 0 Å². The van der Waals surface area contributed by atoms with E-state index in [1.54, 1.807) is 54.6 Å². The van der Waals surface area contributed by atoms with E-state index >= 15 is 0 Å². The smallest absolute Gasteiger partial charge is 0.330 e. The maximum Gasteiger partial charge on any atom is 0.330 e. The van der Waals surface area contributed by atoms with E-state index in [-0.39, 0.29) is 5.75 Å². The number of ether oxygens (including phenoxy) is 1. The number of carbonyl (C=O) groups is 1. The lowest BCUT2D eigenvalue weighted by Gasteiger charge is -2.06. The van der Waals surface area contributed by atoms with Crippen LogP contribution in [0.5, 0.6) is 0 Å². The van der Waals surface area contributed by atoms with Crippen molar-refractivity contribution in [2.75, 3.05) is 7.11 Å². The first kappa shape index (κ1) is 17.0. The van der Waals surface area contributed by atoms with Gasteiger partial charge in [-0.05, 0) is 36.3 Å². The van der Waals surface area contributed by atoms with E-state index in [1.165, 1.54) is 13.2 Å². The van der Waals surface area contributed by atoms with Crippen LogP contribution in [0.15, 0.2) is 59.5 Å². The number of methoxy groups -OCH3 is 1. The summed E-state index contributed by atoms with van der Waals surface area (Å²) in [6, 6.07) is 13.8. The van der Waals surface area contributed by atoms with Crippen molar-refractivity contribution >= 4 is 21.9 Å². The van der Waals surface area contributed by atoms with Crippen LogP contribution in [-0.2, 0) is 25.1 Å². The van der Waals surface area contributed by atoms with Gasteiger partial charge in [-0.25, -0.2) is 13.2 Å². The molecule has 0 saturated heterocycles. The Balaban J connectivity index is 2.21. The third kappa shape index (κ3) is 4.79. The molecule has 0 N–H and O–H groups in total. The highest BCUT2D eigenvalue weighted by Gasteiger charge is 2.15. The Hall–Kier alpha value is -2.40. The summed E-state index contributed by atoms with van der Waals surface area (Å²) in [5.41, 5.74) is 2.42. The quantitative estimate of drug-likeness (QED) is 0.624. The van der Waals surface area contributed by atoms with Crippen molar-refractivity contribution in [3.05, 3.63) is 71.3 Å². The first-order valence-corrected chi connectivity index (χ1v) is 8.70. The van der Waals surface area contributed by atoms with Crippen molar-refractivity contribution in [1.82, 2.24) is 0 Å². The lowest BCUT2D eigenvalue weighted by molar-refractivity contribution is -0.134. The number of benzene rings is 2. The number of esters is 1. The van der Waals surface area contributed by atoms with Crippen molar-refractivity contribution in [1.29, 1.82) is 0 Å². The standard InChI is InChI=1S/C18H18O4S/c1-14-6-9-17(10-7-14)23(20,21)13-16-5-3-4-15(12-16)8-11-18(19)22-2/h3-12H,13H2,1-2H3/b11-8+. The van der Waals surface area contributed by atoms with Crippen molar-refractivity contribution in [3.8, 4) is 0 Å². The molecular formula is C18H18O4S. The highest BCUT2D eigenvalue weighted by Crippen LogP contribution is 2.18. The van der Waals surface area contributed by atoms with E-state index in [4.69, 9.17) is 0 Å². The Morgan fingerprint density at radius 2 is 1.83 bits per heavy atom. The summed E-state index contributed by atoms with van der Waals surface area (Å²) < 4.78 is 29.4. The first-order valence-electron chi connectivity index (χ1n) is 7.05. The van der Waals surface area contributed by atoms with Crippen LogP contribution in [0.4, 0.5) is 0 Å².